The van der Waals surface area contributed by atoms with E-state index in [2.05, 4.69) is 51.2 Å². The molecule has 0 saturated carbocycles. The third kappa shape index (κ3) is 6.90. The highest BCUT2D eigenvalue weighted by Crippen LogP contribution is 2.04. The van der Waals surface area contributed by atoms with E-state index in [1.165, 1.54) is 19.3 Å². The normalized spacial score (nSPS) is 13.0. The van der Waals surface area contributed by atoms with E-state index in [0.29, 0.717) is 12.6 Å². The van der Waals surface area contributed by atoms with Gasteiger partial charge in [-0.2, -0.15) is 0 Å². The molecule has 2 rings (SSSR count). The fourth-order valence-corrected chi connectivity index (χ4v) is 2.75. The van der Waals surface area contributed by atoms with E-state index < -0.39 is 0 Å². The molecule has 2 aromatic rings. The van der Waals surface area contributed by atoms with Gasteiger partial charge in [-0.15, -0.1) is 10.2 Å². The quantitative estimate of drug-likeness (QED) is 0.365. The summed E-state index contributed by atoms with van der Waals surface area (Å²) in [7, 11) is 0. The number of guanidine groups is 1. The van der Waals surface area contributed by atoms with Crippen LogP contribution < -0.4 is 10.6 Å². The zero-order valence-electron chi connectivity index (χ0n) is 16.2. The Bertz CT molecular complexity index is 634. The second-order valence-corrected chi connectivity index (χ2v) is 6.51. The number of furan rings is 1. The van der Waals surface area contributed by atoms with Gasteiger partial charge in [-0.3, -0.25) is 0 Å². The number of aryl methyl sites for hydroxylation is 1. The van der Waals surface area contributed by atoms with Crippen molar-refractivity contribution in [3.8, 4) is 0 Å². The summed E-state index contributed by atoms with van der Waals surface area (Å²) in [6.07, 6.45) is 9.22. The summed E-state index contributed by atoms with van der Waals surface area (Å²) >= 11 is 0. The predicted molar refractivity (Wildman–Crippen MR) is 104 cm³/mol. The van der Waals surface area contributed by atoms with E-state index in [9.17, 15) is 0 Å². The molecule has 2 aromatic heterocycles. The minimum absolute atomic E-state index is 0.380. The van der Waals surface area contributed by atoms with Gasteiger partial charge in [0, 0.05) is 25.6 Å². The van der Waals surface area contributed by atoms with Crippen LogP contribution in [0.25, 0.3) is 0 Å². The molecule has 26 heavy (non-hydrogen) atoms. The fraction of sp³-hybridized carbons (Fsp3) is 0.632. The first kappa shape index (κ1) is 20.0. The zero-order valence-corrected chi connectivity index (χ0v) is 16.2. The van der Waals surface area contributed by atoms with Gasteiger partial charge in [0.25, 0.3) is 0 Å². The molecule has 0 fully saturated rings. The molecule has 0 aromatic carbocycles. The van der Waals surface area contributed by atoms with Crippen LogP contribution in [0.1, 0.15) is 58.0 Å². The highest BCUT2D eigenvalue weighted by molar-refractivity contribution is 5.80. The second-order valence-electron chi connectivity index (χ2n) is 6.51. The van der Waals surface area contributed by atoms with Gasteiger partial charge < -0.3 is 19.6 Å². The molecule has 2 heterocycles. The van der Waals surface area contributed by atoms with E-state index in [0.717, 1.165) is 43.5 Å². The summed E-state index contributed by atoms with van der Waals surface area (Å²) in [5, 5.41) is 15.0. The first-order valence-corrected chi connectivity index (χ1v) is 9.66. The third-order valence-corrected chi connectivity index (χ3v) is 4.25. The molecule has 1 unspecified atom stereocenters. The number of aromatic nitrogens is 3. The Morgan fingerprint density at radius 2 is 2.23 bits per heavy atom. The zero-order chi connectivity index (χ0) is 18.6. The van der Waals surface area contributed by atoms with Gasteiger partial charge in [-0.05, 0) is 25.5 Å². The van der Waals surface area contributed by atoms with Gasteiger partial charge in [-0.1, -0.05) is 33.1 Å². The lowest BCUT2D eigenvalue weighted by Crippen LogP contribution is -2.43. The lowest BCUT2D eigenvalue weighted by Gasteiger charge is -2.18. The van der Waals surface area contributed by atoms with Crippen molar-refractivity contribution in [2.24, 2.45) is 4.99 Å². The van der Waals surface area contributed by atoms with Crippen molar-refractivity contribution in [3.05, 3.63) is 36.3 Å². The largest absolute Gasteiger partial charge is 0.467 e. The van der Waals surface area contributed by atoms with Gasteiger partial charge in [0.2, 0.25) is 0 Å². The Balaban J connectivity index is 1.87. The van der Waals surface area contributed by atoms with E-state index in [1.807, 2.05) is 12.1 Å². The van der Waals surface area contributed by atoms with Crippen molar-refractivity contribution in [2.45, 2.75) is 72.0 Å². The number of hydrogen-bond donors (Lipinski definition) is 2. The highest BCUT2D eigenvalue weighted by atomic mass is 16.3. The first-order chi connectivity index (χ1) is 12.7. The molecule has 7 nitrogen and oxygen atoms in total. The number of aliphatic imine (C=N–C) groups is 1. The highest BCUT2D eigenvalue weighted by Gasteiger charge is 2.07. The molecular formula is C19H32N6O. The van der Waals surface area contributed by atoms with Gasteiger partial charge in [0.1, 0.15) is 24.5 Å². The van der Waals surface area contributed by atoms with Crippen LogP contribution in [-0.4, -0.2) is 33.3 Å². The molecular weight excluding hydrogens is 328 g/mol. The summed E-state index contributed by atoms with van der Waals surface area (Å²) in [6, 6.07) is 4.21. The van der Waals surface area contributed by atoms with Crippen LogP contribution in [0.3, 0.4) is 0 Å². The van der Waals surface area contributed by atoms with Crippen LogP contribution in [0.2, 0.25) is 0 Å². The molecule has 0 aliphatic rings. The number of rotatable bonds is 11. The van der Waals surface area contributed by atoms with Crippen LogP contribution in [0, 0.1) is 0 Å². The van der Waals surface area contributed by atoms with E-state index in [4.69, 9.17) is 4.42 Å². The Morgan fingerprint density at radius 3 is 2.96 bits per heavy atom. The van der Waals surface area contributed by atoms with Crippen molar-refractivity contribution in [1.29, 1.82) is 0 Å². The van der Waals surface area contributed by atoms with Crippen molar-refractivity contribution < 1.29 is 4.42 Å². The molecule has 0 aliphatic carbocycles. The van der Waals surface area contributed by atoms with Gasteiger partial charge >= 0.3 is 0 Å². The summed E-state index contributed by atoms with van der Waals surface area (Å²) in [6.45, 7) is 8.61. The van der Waals surface area contributed by atoms with Crippen molar-refractivity contribution in [1.82, 2.24) is 25.4 Å². The van der Waals surface area contributed by atoms with E-state index in [1.54, 1.807) is 12.6 Å². The number of unbranched alkanes of at least 4 members (excludes halogenated alkanes) is 2. The first-order valence-electron chi connectivity index (χ1n) is 9.66. The van der Waals surface area contributed by atoms with Crippen molar-refractivity contribution in [3.63, 3.8) is 0 Å². The Hall–Kier alpha value is -2.31. The molecule has 0 aliphatic heterocycles. The van der Waals surface area contributed by atoms with Crippen LogP contribution in [0.15, 0.2) is 34.1 Å². The van der Waals surface area contributed by atoms with E-state index >= 15 is 0 Å². The van der Waals surface area contributed by atoms with E-state index in [-0.39, 0.29) is 0 Å². The molecule has 0 saturated heterocycles. The molecule has 1 atom stereocenters. The Labute approximate surface area is 156 Å². The predicted octanol–water partition coefficient (Wildman–Crippen LogP) is 3.14. The van der Waals surface area contributed by atoms with Crippen LogP contribution >= 0.6 is 0 Å². The number of nitrogens with one attached hydrogen (secondary N) is 2. The topological polar surface area (TPSA) is 80.3 Å². The summed E-state index contributed by atoms with van der Waals surface area (Å²) in [5.41, 5.74) is 0. The molecule has 0 radical (unpaired) electrons. The van der Waals surface area contributed by atoms with Crippen LogP contribution in [0.5, 0.6) is 0 Å². The molecule has 0 amide bonds. The van der Waals surface area contributed by atoms with Gasteiger partial charge in [0.15, 0.2) is 5.96 Å². The van der Waals surface area contributed by atoms with Crippen LogP contribution in [-0.2, 0) is 19.5 Å². The minimum Gasteiger partial charge on any atom is -0.467 e. The maximum absolute atomic E-state index is 5.38. The summed E-state index contributed by atoms with van der Waals surface area (Å²) in [5.74, 6) is 2.68. The Morgan fingerprint density at radius 1 is 1.35 bits per heavy atom. The molecule has 0 spiro atoms. The molecule has 0 bridgehead atoms. The lowest BCUT2D eigenvalue weighted by atomic mass is 10.1. The second kappa shape index (κ2) is 11.3. The summed E-state index contributed by atoms with van der Waals surface area (Å²) < 4.78 is 7.45. The van der Waals surface area contributed by atoms with Crippen molar-refractivity contribution in [2.75, 3.05) is 6.54 Å². The molecule has 2 N–H and O–H groups in total. The average molecular weight is 361 g/mol. The number of hydrogen-bond acceptors (Lipinski definition) is 4. The third-order valence-electron chi connectivity index (χ3n) is 4.25. The maximum atomic E-state index is 5.38. The summed E-state index contributed by atoms with van der Waals surface area (Å²) in [4.78, 5) is 4.66. The molecule has 144 valence electrons. The minimum atomic E-state index is 0.380. The SMILES string of the molecule is CCCCCC(C)NC(=NCc1ccco1)NCCn1cnnc1CC. The maximum Gasteiger partial charge on any atom is 0.191 e. The Kier molecular flexibility index (Phi) is 8.72. The monoisotopic (exact) mass is 360 g/mol. The average Bonchev–Trinajstić information content (AvgIpc) is 3.31. The standard InChI is InChI=1S/C19H32N6O/c1-4-6-7-9-16(3)23-19(21-14-17-10-8-13-26-17)20-11-12-25-15-22-24-18(25)5-2/h8,10,13,15-16H,4-7,9,11-12,14H2,1-3H3,(H2,20,21,23). The smallest absolute Gasteiger partial charge is 0.191 e. The number of nitrogens with zero attached hydrogens (tertiary/aromatic N) is 4. The molecule has 7 heteroatoms. The fourth-order valence-electron chi connectivity index (χ4n) is 2.75. The van der Waals surface area contributed by atoms with Crippen LogP contribution in [0.4, 0.5) is 0 Å². The van der Waals surface area contributed by atoms with Crippen molar-refractivity contribution >= 4 is 5.96 Å². The van der Waals surface area contributed by atoms with Gasteiger partial charge in [-0.25, -0.2) is 4.99 Å². The lowest BCUT2D eigenvalue weighted by molar-refractivity contribution is 0.509. The van der Waals surface area contributed by atoms with Gasteiger partial charge in [0.05, 0.1) is 6.26 Å².